The number of fused-ring (bicyclic) bond motifs is 1. The summed E-state index contributed by atoms with van der Waals surface area (Å²) in [5.41, 5.74) is 1.15. The van der Waals surface area contributed by atoms with Crippen LogP contribution in [0, 0.1) is 0 Å². The van der Waals surface area contributed by atoms with Gasteiger partial charge in [0.1, 0.15) is 5.75 Å². The van der Waals surface area contributed by atoms with E-state index in [2.05, 4.69) is 5.32 Å². The van der Waals surface area contributed by atoms with Crippen molar-refractivity contribution in [3.05, 3.63) is 72.3 Å². The van der Waals surface area contributed by atoms with E-state index in [0.29, 0.717) is 23.4 Å². The van der Waals surface area contributed by atoms with Crippen LogP contribution in [0.2, 0.25) is 0 Å². The van der Waals surface area contributed by atoms with Crippen LogP contribution in [0.1, 0.15) is 23.7 Å². The molecule has 0 atom stereocenters. The van der Waals surface area contributed by atoms with Crippen molar-refractivity contribution in [3.63, 3.8) is 0 Å². The topological polar surface area (TPSA) is 55.4 Å². The summed E-state index contributed by atoms with van der Waals surface area (Å²) < 4.78 is 5.16. The van der Waals surface area contributed by atoms with E-state index >= 15 is 0 Å². The molecule has 0 saturated carbocycles. The molecular weight excluding hydrogens is 302 g/mol. The average Bonchev–Trinajstić information content (AvgIpc) is 2.61. The second kappa shape index (κ2) is 6.96. The predicted octanol–water partition coefficient (Wildman–Crippen LogP) is 4.41. The van der Waals surface area contributed by atoms with Crippen molar-refractivity contribution in [2.75, 3.05) is 5.32 Å². The molecule has 1 amide bonds. The van der Waals surface area contributed by atoms with E-state index in [1.165, 1.54) is 0 Å². The van der Waals surface area contributed by atoms with Gasteiger partial charge in [0.05, 0.1) is 0 Å². The molecule has 3 aromatic carbocycles. The van der Waals surface area contributed by atoms with Gasteiger partial charge in [-0.25, -0.2) is 0 Å². The molecule has 0 heterocycles. The minimum atomic E-state index is -0.312. The number of carbonyl (C=O) groups excluding carboxylic acids is 2. The first-order chi connectivity index (χ1) is 11.7. The van der Waals surface area contributed by atoms with Gasteiger partial charge in [-0.15, -0.1) is 0 Å². The lowest BCUT2D eigenvalue weighted by Crippen LogP contribution is -2.12. The standard InChI is InChI=1S/C20H17NO3/c1-2-19(22)24-18-9-5-8-17(13-18)21-20(23)16-11-10-14-6-3-4-7-15(14)12-16/h3-13H,2H2,1H3,(H,21,23). The van der Waals surface area contributed by atoms with Crippen molar-refractivity contribution in [1.82, 2.24) is 0 Å². The summed E-state index contributed by atoms with van der Waals surface area (Å²) in [7, 11) is 0. The lowest BCUT2D eigenvalue weighted by atomic mass is 10.1. The van der Waals surface area contributed by atoms with Crippen LogP contribution in [-0.2, 0) is 4.79 Å². The Bertz CT molecular complexity index is 902. The molecule has 0 aromatic heterocycles. The van der Waals surface area contributed by atoms with Gasteiger partial charge in [-0.3, -0.25) is 9.59 Å². The third-order valence-corrected chi connectivity index (χ3v) is 3.62. The Morgan fingerprint density at radius 3 is 2.50 bits per heavy atom. The zero-order valence-corrected chi connectivity index (χ0v) is 13.3. The molecule has 0 bridgehead atoms. The van der Waals surface area contributed by atoms with Gasteiger partial charge in [0.2, 0.25) is 0 Å². The molecule has 3 rings (SSSR count). The first kappa shape index (κ1) is 15.7. The van der Waals surface area contributed by atoms with E-state index in [-0.39, 0.29) is 11.9 Å². The van der Waals surface area contributed by atoms with Crippen molar-refractivity contribution in [2.24, 2.45) is 0 Å². The molecule has 0 aliphatic rings. The summed E-state index contributed by atoms with van der Waals surface area (Å²) in [4.78, 5) is 23.8. The minimum Gasteiger partial charge on any atom is -0.426 e. The van der Waals surface area contributed by atoms with E-state index in [1.54, 1.807) is 37.3 Å². The van der Waals surface area contributed by atoms with Crippen molar-refractivity contribution in [1.29, 1.82) is 0 Å². The highest BCUT2D eigenvalue weighted by molar-refractivity contribution is 6.06. The first-order valence-electron chi connectivity index (χ1n) is 7.76. The molecule has 3 aromatic rings. The van der Waals surface area contributed by atoms with Crippen molar-refractivity contribution >= 4 is 28.3 Å². The molecule has 1 N–H and O–H groups in total. The second-order valence-electron chi connectivity index (χ2n) is 5.37. The molecule has 120 valence electrons. The van der Waals surface area contributed by atoms with Crippen LogP contribution < -0.4 is 10.1 Å². The molecule has 0 aliphatic heterocycles. The highest BCUT2D eigenvalue weighted by Crippen LogP contribution is 2.20. The molecule has 0 unspecified atom stereocenters. The number of anilines is 1. The van der Waals surface area contributed by atoms with Crippen molar-refractivity contribution in [2.45, 2.75) is 13.3 Å². The van der Waals surface area contributed by atoms with Crippen molar-refractivity contribution < 1.29 is 14.3 Å². The largest absolute Gasteiger partial charge is 0.426 e. The lowest BCUT2D eigenvalue weighted by molar-refractivity contribution is -0.134. The molecular formula is C20H17NO3. The van der Waals surface area contributed by atoms with E-state index in [1.807, 2.05) is 36.4 Å². The molecule has 0 radical (unpaired) electrons. The molecule has 0 saturated heterocycles. The number of amides is 1. The summed E-state index contributed by atoms with van der Waals surface area (Å²) in [6, 6.07) is 20.2. The fourth-order valence-electron chi connectivity index (χ4n) is 2.37. The Morgan fingerprint density at radius 1 is 0.917 bits per heavy atom. The number of hydrogen-bond acceptors (Lipinski definition) is 3. The summed E-state index contributed by atoms with van der Waals surface area (Å²) in [6.45, 7) is 1.73. The number of rotatable bonds is 4. The zero-order valence-electron chi connectivity index (χ0n) is 13.3. The van der Waals surface area contributed by atoms with E-state index < -0.39 is 0 Å². The van der Waals surface area contributed by atoms with E-state index in [4.69, 9.17) is 4.74 Å². The number of hydrogen-bond donors (Lipinski definition) is 1. The van der Waals surface area contributed by atoms with Gasteiger partial charge in [-0.1, -0.05) is 43.3 Å². The Morgan fingerprint density at radius 2 is 1.71 bits per heavy atom. The first-order valence-corrected chi connectivity index (χ1v) is 7.76. The minimum absolute atomic E-state index is 0.209. The lowest BCUT2D eigenvalue weighted by Gasteiger charge is -2.08. The third kappa shape index (κ3) is 3.60. The van der Waals surface area contributed by atoms with Gasteiger partial charge in [0, 0.05) is 23.7 Å². The SMILES string of the molecule is CCC(=O)Oc1cccc(NC(=O)c2ccc3ccccc3c2)c1. The number of nitrogens with one attached hydrogen (secondary N) is 1. The fourth-order valence-corrected chi connectivity index (χ4v) is 2.37. The number of carbonyl (C=O) groups is 2. The summed E-state index contributed by atoms with van der Waals surface area (Å²) in [5, 5.41) is 4.92. The van der Waals surface area contributed by atoms with Gasteiger partial charge in [-0.2, -0.15) is 0 Å². The quantitative estimate of drug-likeness (QED) is 0.572. The van der Waals surface area contributed by atoms with Crippen LogP contribution in [0.15, 0.2) is 66.7 Å². The zero-order chi connectivity index (χ0) is 16.9. The van der Waals surface area contributed by atoms with Gasteiger partial charge >= 0.3 is 5.97 Å². The second-order valence-corrected chi connectivity index (χ2v) is 5.37. The summed E-state index contributed by atoms with van der Waals surface area (Å²) >= 11 is 0. The van der Waals surface area contributed by atoms with Crippen LogP contribution in [0.4, 0.5) is 5.69 Å². The monoisotopic (exact) mass is 319 g/mol. The summed E-state index contributed by atoms with van der Waals surface area (Å²) in [6.07, 6.45) is 0.299. The molecule has 0 spiro atoms. The van der Waals surface area contributed by atoms with Crippen LogP contribution in [0.3, 0.4) is 0 Å². The Hall–Kier alpha value is -3.14. The highest BCUT2D eigenvalue weighted by Gasteiger charge is 2.08. The van der Waals surface area contributed by atoms with Gasteiger partial charge in [0.25, 0.3) is 5.91 Å². The maximum Gasteiger partial charge on any atom is 0.310 e. The highest BCUT2D eigenvalue weighted by atomic mass is 16.5. The third-order valence-electron chi connectivity index (χ3n) is 3.62. The molecule has 0 fully saturated rings. The molecule has 4 heteroatoms. The van der Waals surface area contributed by atoms with Gasteiger partial charge in [0.15, 0.2) is 0 Å². The Balaban J connectivity index is 1.78. The normalized spacial score (nSPS) is 10.4. The summed E-state index contributed by atoms with van der Waals surface area (Å²) in [5.74, 6) is -0.106. The Labute approximate surface area is 140 Å². The molecule has 0 aliphatic carbocycles. The Kier molecular flexibility index (Phi) is 4.57. The maximum absolute atomic E-state index is 12.4. The smallest absolute Gasteiger partial charge is 0.310 e. The van der Waals surface area contributed by atoms with E-state index in [0.717, 1.165) is 10.8 Å². The van der Waals surface area contributed by atoms with Crippen LogP contribution in [0.25, 0.3) is 10.8 Å². The van der Waals surface area contributed by atoms with Gasteiger partial charge < -0.3 is 10.1 Å². The molecule has 4 nitrogen and oxygen atoms in total. The van der Waals surface area contributed by atoms with Crippen LogP contribution >= 0.6 is 0 Å². The number of ether oxygens (including phenoxy) is 1. The number of benzene rings is 3. The predicted molar refractivity (Wildman–Crippen MR) is 94.3 cm³/mol. The van der Waals surface area contributed by atoms with Gasteiger partial charge in [-0.05, 0) is 35.0 Å². The number of esters is 1. The van der Waals surface area contributed by atoms with Crippen LogP contribution in [0.5, 0.6) is 5.75 Å². The average molecular weight is 319 g/mol. The van der Waals surface area contributed by atoms with E-state index in [9.17, 15) is 9.59 Å². The fraction of sp³-hybridized carbons (Fsp3) is 0.100. The van der Waals surface area contributed by atoms with Crippen molar-refractivity contribution in [3.8, 4) is 5.75 Å². The maximum atomic E-state index is 12.4. The van der Waals surface area contributed by atoms with Crippen LogP contribution in [-0.4, -0.2) is 11.9 Å². The molecule has 24 heavy (non-hydrogen) atoms.